The third kappa shape index (κ3) is 5.01. The van der Waals surface area contributed by atoms with Gasteiger partial charge in [-0.05, 0) is 25.0 Å². The monoisotopic (exact) mass is 516 g/mol. The lowest BCUT2D eigenvalue weighted by atomic mass is 9.94. The van der Waals surface area contributed by atoms with Gasteiger partial charge in [0.15, 0.2) is 12.0 Å². The Bertz CT molecular complexity index is 1110. The van der Waals surface area contributed by atoms with E-state index in [0.29, 0.717) is 5.56 Å². The molecule has 0 aromatic heterocycles. The molecule has 8 nitrogen and oxygen atoms in total. The number of carbonyl (C=O) groups is 4. The number of fused-ring (bicyclic) bond motifs is 1. The summed E-state index contributed by atoms with van der Waals surface area (Å²) in [6.07, 6.45) is 0. The highest BCUT2D eigenvalue weighted by Crippen LogP contribution is 2.51. The van der Waals surface area contributed by atoms with Crippen molar-refractivity contribution in [3.63, 3.8) is 0 Å². The number of hydrogen-bond donors (Lipinski definition) is 1. The smallest absolute Gasteiger partial charge is 0.330 e. The molecule has 35 heavy (non-hydrogen) atoms. The minimum atomic E-state index is -1.28. The highest BCUT2D eigenvalue weighted by Gasteiger charge is 2.64. The summed E-state index contributed by atoms with van der Waals surface area (Å²) in [5, 5.41) is 2.22. The fraction of sp³-hybridized carbons (Fsp3) is 0.360. The van der Waals surface area contributed by atoms with Crippen LogP contribution in [0.3, 0.4) is 0 Å². The van der Waals surface area contributed by atoms with Crippen LogP contribution in [0, 0.1) is 0 Å². The van der Waals surface area contributed by atoms with Crippen molar-refractivity contribution < 1.29 is 28.7 Å². The van der Waals surface area contributed by atoms with Gasteiger partial charge in [0, 0.05) is 4.75 Å². The largest absolute Gasteiger partial charge is 0.459 e. The molecule has 184 valence electrons. The number of hydrogen-bond acceptors (Lipinski definition) is 7. The molecule has 2 fully saturated rings. The molecule has 10 heteroatoms. The molecule has 0 bridgehead atoms. The predicted octanol–water partition coefficient (Wildman–Crippen LogP) is 2.80. The third-order valence-electron chi connectivity index (χ3n) is 6.01. The molecule has 2 saturated heterocycles. The van der Waals surface area contributed by atoms with Crippen LogP contribution in [0.2, 0.25) is 0 Å². The molecule has 0 spiro atoms. The van der Waals surface area contributed by atoms with E-state index in [-0.39, 0.29) is 6.61 Å². The number of thioether (sulfide) groups is 1. The van der Waals surface area contributed by atoms with Gasteiger partial charge < -0.3 is 19.7 Å². The fourth-order valence-electron chi connectivity index (χ4n) is 4.35. The SMILES string of the molecule is CC1(C)S[C@@H]2[C@H](NC(=O)C(C(=O)OCCl)c3ccccc3)C(=O)N2[C@H]1C(=O)OCc1ccccc1. The summed E-state index contributed by atoms with van der Waals surface area (Å²) in [6, 6.07) is 15.6. The number of nitrogens with zero attached hydrogens (tertiary/aromatic N) is 1. The highest BCUT2D eigenvalue weighted by molar-refractivity contribution is 8.01. The van der Waals surface area contributed by atoms with Gasteiger partial charge >= 0.3 is 11.9 Å². The molecular weight excluding hydrogens is 492 g/mol. The molecule has 4 atom stereocenters. The van der Waals surface area contributed by atoms with Crippen LogP contribution in [0.25, 0.3) is 0 Å². The Morgan fingerprint density at radius 2 is 1.69 bits per heavy atom. The van der Waals surface area contributed by atoms with Crippen molar-refractivity contribution in [2.45, 2.75) is 48.6 Å². The average molecular weight is 517 g/mol. The van der Waals surface area contributed by atoms with Crippen molar-refractivity contribution in [3.8, 4) is 0 Å². The van der Waals surface area contributed by atoms with Crippen LogP contribution < -0.4 is 5.32 Å². The van der Waals surface area contributed by atoms with Gasteiger partial charge in [0.05, 0.1) is 0 Å². The molecule has 2 aromatic carbocycles. The number of alkyl halides is 1. The lowest BCUT2D eigenvalue weighted by Crippen LogP contribution is -2.71. The maximum atomic E-state index is 13.1. The van der Waals surface area contributed by atoms with Crippen molar-refractivity contribution in [2.24, 2.45) is 0 Å². The second-order valence-electron chi connectivity index (χ2n) is 8.76. The Hall–Kier alpha value is -3.04. The number of carbonyl (C=O) groups excluding carboxylic acids is 4. The number of rotatable bonds is 8. The first-order chi connectivity index (χ1) is 16.7. The van der Waals surface area contributed by atoms with Gasteiger partial charge in [0.1, 0.15) is 24.1 Å². The average Bonchev–Trinajstić information content (AvgIpc) is 3.10. The van der Waals surface area contributed by atoms with E-state index in [9.17, 15) is 19.2 Å². The van der Waals surface area contributed by atoms with Crippen molar-refractivity contribution in [1.82, 2.24) is 10.2 Å². The Kier molecular flexibility index (Phi) is 7.37. The van der Waals surface area contributed by atoms with Crippen LogP contribution in [0.15, 0.2) is 60.7 Å². The van der Waals surface area contributed by atoms with Crippen molar-refractivity contribution in [1.29, 1.82) is 0 Å². The zero-order chi connectivity index (χ0) is 25.2. The Morgan fingerprint density at radius 3 is 2.31 bits per heavy atom. The molecule has 0 saturated carbocycles. The van der Waals surface area contributed by atoms with Crippen LogP contribution >= 0.6 is 23.4 Å². The molecular formula is C25H25ClN2O6S. The molecule has 2 aliphatic heterocycles. The van der Waals surface area contributed by atoms with Gasteiger partial charge in [-0.25, -0.2) is 4.79 Å². The van der Waals surface area contributed by atoms with Crippen LogP contribution in [0.5, 0.6) is 0 Å². The van der Waals surface area contributed by atoms with E-state index >= 15 is 0 Å². The summed E-state index contributed by atoms with van der Waals surface area (Å²) in [5.41, 5.74) is 1.27. The van der Waals surface area contributed by atoms with Crippen LogP contribution in [0.4, 0.5) is 0 Å². The number of halogens is 1. The number of β-lactam (4-membered cyclic amide) rings is 1. The lowest BCUT2D eigenvalue weighted by Gasteiger charge is -2.44. The van der Waals surface area contributed by atoms with E-state index in [1.165, 1.54) is 16.7 Å². The van der Waals surface area contributed by atoms with Gasteiger partial charge in [-0.15, -0.1) is 11.8 Å². The molecule has 2 aliphatic rings. The van der Waals surface area contributed by atoms with Gasteiger partial charge in [0.25, 0.3) is 0 Å². The number of nitrogens with one attached hydrogen (secondary N) is 1. The zero-order valence-electron chi connectivity index (χ0n) is 19.2. The van der Waals surface area contributed by atoms with Crippen LogP contribution in [0.1, 0.15) is 30.9 Å². The van der Waals surface area contributed by atoms with E-state index in [4.69, 9.17) is 21.1 Å². The molecule has 0 aliphatic carbocycles. The summed E-state index contributed by atoms with van der Waals surface area (Å²) in [5.74, 6) is -3.66. The Balaban J connectivity index is 1.46. The van der Waals surface area contributed by atoms with Crippen molar-refractivity contribution in [2.75, 3.05) is 6.07 Å². The standard InChI is InChI=1S/C25H25ClN2O6S/c1-25(2)19(24(32)33-13-15-9-5-3-6-10-15)28-21(30)18(22(28)35-25)27-20(29)17(23(31)34-14-26)16-11-7-4-8-12-16/h3-12,17-19,22H,13-14H2,1-2H3,(H,27,29)/t17?,18-,19+,22-/m1/s1. The second-order valence-corrected chi connectivity index (χ2v) is 10.7. The molecule has 1 N–H and O–H groups in total. The molecule has 0 radical (unpaired) electrons. The van der Waals surface area contributed by atoms with Crippen LogP contribution in [-0.2, 0) is 35.3 Å². The van der Waals surface area contributed by atoms with Gasteiger partial charge in [-0.2, -0.15) is 0 Å². The maximum absolute atomic E-state index is 13.1. The summed E-state index contributed by atoms with van der Waals surface area (Å²) < 4.78 is 9.75. The molecule has 2 amide bonds. The minimum Gasteiger partial charge on any atom is -0.459 e. The number of amides is 2. The quantitative estimate of drug-likeness (QED) is 0.249. The lowest BCUT2D eigenvalue weighted by molar-refractivity contribution is -0.165. The number of ether oxygens (including phenoxy) is 2. The van der Waals surface area contributed by atoms with Crippen molar-refractivity contribution >= 4 is 47.1 Å². The first kappa shape index (κ1) is 25.1. The summed E-state index contributed by atoms with van der Waals surface area (Å²) in [6.45, 7) is 3.83. The van der Waals surface area contributed by atoms with Crippen molar-refractivity contribution in [3.05, 3.63) is 71.8 Å². The first-order valence-electron chi connectivity index (χ1n) is 11.0. The molecule has 2 heterocycles. The fourth-order valence-corrected chi connectivity index (χ4v) is 6.08. The zero-order valence-corrected chi connectivity index (χ0v) is 20.8. The van der Waals surface area contributed by atoms with E-state index in [2.05, 4.69) is 5.32 Å². The maximum Gasteiger partial charge on any atom is 0.330 e. The van der Waals surface area contributed by atoms with E-state index in [0.717, 1.165) is 5.56 Å². The topological polar surface area (TPSA) is 102 Å². The molecule has 1 unspecified atom stereocenters. The normalized spacial score (nSPS) is 23.0. The van der Waals surface area contributed by atoms with Gasteiger partial charge in [0.2, 0.25) is 11.8 Å². The Morgan fingerprint density at radius 1 is 1.06 bits per heavy atom. The first-order valence-corrected chi connectivity index (χ1v) is 12.4. The third-order valence-corrected chi connectivity index (χ3v) is 7.69. The second kappa shape index (κ2) is 10.3. The van der Waals surface area contributed by atoms with Gasteiger partial charge in [-0.3, -0.25) is 14.4 Å². The predicted molar refractivity (Wildman–Crippen MR) is 130 cm³/mol. The number of benzene rings is 2. The summed E-state index contributed by atoms with van der Waals surface area (Å²) in [7, 11) is 0. The number of esters is 2. The van der Waals surface area contributed by atoms with Crippen LogP contribution in [-0.4, -0.2) is 56.9 Å². The van der Waals surface area contributed by atoms with E-state index < -0.39 is 57.9 Å². The highest BCUT2D eigenvalue weighted by atomic mass is 35.5. The molecule has 4 rings (SSSR count). The summed E-state index contributed by atoms with van der Waals surface area (Å²) >= 11 is 6.94. The van der Waals surface area contributed by atoms with E-state index in [1.807, 2.05) is 44.2 Å². The minimum absolute atomic E-state index is 0.102. The molecule has 2 aromatic rings. The summed E-state index contributed by atoms with van der Waals surface area (Å²) in [4.78, 5) is 53.1. The van der Waals surface area contributed by atoms with E-state index in [1.54, 1.807) is 30.3 Å². The Labute approximate surface area is 212 Å². The van der Waals surface area contributed by atoms with Gasteiger partial charge in [-0.1, -0.05) is 72.3 Å².